The number of hydrogen-bond acceptors (Lipinski definition) is 14. The van der Waals surface area contributed by atoms with Crippen LogP contribution in [0.15, 0.2) is 54.9 Å². The molecular weight excluding hydrogens is 773 g/mol. The van der Waals surface area contributed by atoms with E-state index in [9.17, 15) is 9.59 Å². The molecule has 2 amide bonds. The lowest BCUT2D eigenvalue weighted by molar-refractivity contribution is -0.120. The van der Waals surface area contributed by atoms with Crippen molar-refractivity contribution in [3.05, 3.63) is 60.4 Å². The van der Waals surface area contributed by atoms with Crippen LogP contribution in [0.4, 0.5) is 23.5 Å². The van der Waals surface area contributed by atoms with Crippen molar-refractivity contribution in [2.24, 2.45) is 23.7 Å². The number of amides is 2. The highest BCUT2D eigenvalue weighted by molar-refractivity contribution is 5.92. The number of piperidine rings is 1. The topological polar surface area (TPSA) is 202 Å². The van der Waals surface area contributed by atoms with Gasteiger partial charge in [-0.25, -0.2) is 29.9 Å². The molecule has 0 aromatic carbocycles. The molecule has 4 fully saturated rings. The van der Waals surface area contributed by atoms with E-state index in [0.29, 0.717) is 60.7 Å². The Kier molecular flexibility index (Phi) is 13.4. The first-order valence-electron chi connectivity index (χ1n) is 22.0. The average Bonchev–Trinajstić information content (AvgIpc) is 3.81. The Labute approximate surface area is 358 Å². The van der Waals surface area contributed by atoms with Crippen LogP contribution >= 0.6 is 0 Å². The maximum absolute atomic E-state index is 12.9. The summed E-state index contributed by atoms with van der Waals surface area (Å²) in [6.07, 6.45) is 10.4. The Balaban J connectivity index is 0.936. The summed E-state index contributed by atoms with van der Waals surface area (Å²) in [5.41, 5.74) is 3.20. The number of aromatic nitrogens is 6. The molecule has 0 spiro atoms. The van der Waals surface area contributed by atoms with Gasteiger partial charge < -0.3 is 30.7 Å². The SMILES string of the molecule is CC1(C)CC(CNc2cc(CC3(C)CC(CNc4cccc(-c5ccnc(NC(=O)C6CCCNC6)n5)n4)CCO3)cc(-c3ccnc(NC(=O)C4CCNC4)n3)n2)CCO1. The van der Waals surface area contributed by atoms with Gasteiger partial charge in [-0.2, -0.15) is 0 Å². The van der Waals surface area contributed by atoms with Crippen molar-refractivity contribution in [1.82, 2.24) is 40.5 Å². The molecule has 4 aromatic heterocycles. The van der Waals surface area contributed by atoms with Gasteiger partial charge in [-0.15, -0.1) is 0 Å². The number of anilines is 4. The van der Waals surface area contributed by atoms with Crippen LogP contribution in [0.2, 0.25) is 0 Å². The average molecular weight is 833 g/mol. The van der Waals surface area contributed by atoms with Crippen molar-refractivity contribution in [3.63, 3.8) is 0 Å². The zero-order chi connectivity index (χ0) is 42.2. The molecule has 8 rings (SSSR count). The van der Waals surface area contributed by atoms with Crippen LogP contribution in [0.25, 0.3) is 22.8 Å². The molecular formula is C45H60N12O4. The Hall–Kier alpha value is -5.16. The summed E-state index contributed by atoms with van der Waals surface area (Å²) in [4.78, 5) is 53.7. The third-order valence-corrected chi connectivity index (χ3v) is 12.3. The fourth-order valence-corrected chi connectivity index (χ4v) is 9.09. The van der Waals surface area contributed by atoms with E-state index in [2.05, 4.69) is 79.8 Å². The van der Waals surface area contributed by atoms with Crippen molar-refractivity contribution >= 4 is 35.3 Å². The molecule has 4 aliphatic heterocycles. The van der Waals surface area contributed by atoms with Gasteiger partial charge in [0.15, 0.2) is 0 Å². The predicted molar refractivity (Wildman–Crippen MR) is 235 cm³/mol. The van der Waals surface area contributed by atoms with Crippen molar-refractivity contribution in [2.45, 2.75) is 83.3 Å². The predicted octanol–water partition coefficient (Wildman–Crippen LogP) is 5.33. The summed E-state index contributed by atoms with van der Waals surface area (Å²) in [6.45, 7) is 12.5. The third kappa shape index (κ3) is 11.6. The van der Waals surface area contributed by atoms with Gasteiger partial charge >= 0.3 is 0 Å². The summed E-state index contributed by atoms with van der Waals surface area (Å²) in [5, 5.41) is 19.6. The second kappa shape index (κ2) is 19.3. The molecule has 324 valence electrons. The fourth-order valence-electron chi connectivity index (χ4n) is 9.09. The Morgan fingerprint density at radius 2 is 1.31 bits per heavy atom. The van der Waals surface area contributed by atoms with E-state index in [1.165, 1.54) is 0 Å². The summed E-state index contributed by atoms with van der Waals surface area (Å²) in [5.74, 6) is 2.57. The number of ether oxygens (including phenoxy) is 2. The smallest absolute Gasteiger partial charge is 0.231 e. The minimum absolute atomic E-state index is 0.0636. The molecule has 6 N–H and O–H groups in total. The Morgan fingerprint density at radius 3 is 1.98 bits per heavy atom. The van der Waals surface area contributed by atoms with E-state index in [-0.39, 0.29) is 41.1 Å². The van der Waals surface area contributed by atoms with Crippen LogP contribution < -0.4 is 31.9 Å². The van der Waals surface area contributed by atoms with Crippen LogP contribution in [0.3, 0.4) is 0 Å². The van der Waals surface area contributed by atoms with Gasteiger partial charge in [-0.05, 0) is 133 Å². The van der Waals surface area contributed by atoms with Crippen molar-refractivity contribution in [1.29, 1.82) is 0 Å². The maximum atomic E-state index is 12.9. The van der Waals surface area contributed by atoms with Gasteiger partial charge in [0, 0.05) is 58.2 Å². The molecule has 61 heavy (non-hydrogen) atoms. The molecule has 5 unspecified atom stereocenters. The Bertz CT molecular complexity index is 2140. The number of nitrogens with zero attached hydrogens (tertiary/aromatic N) is 6. The van der Waals surface area contributed by atoms with E-state index in [0.717, 1.165) is 94.9 Å². The minimum Gasteiger partial charge on any atom is -0.376 e. The molecule has 4 saturated heterocycles. The van der Waals surface area contributed by atoms with Crippen LogP contribution in [-0.2, 0) is 25.5 Å². The molecule has 16 nitrogen and oxygen atoms in total. The first-order valence-corrected chi connectivity index (χ1v) is 22.0. The number of pyridine rings is 2. The molecule has 0 radical (unpaired) electrons. The highest BCUT2D eigenvalue weighted by Gasteiger charge is 2.34. The summed E-state index contributed by atoms with van der Waals surface area (Å²) >= 11 is 0. The first kappa shape index (κ1) is 42.5. The highest BCUT2D eigenvalue weighted by Crippen LogP contribution is 2.35. The van der Waals surface area contributed by atoms with Crippen molar-refractivity contribution in [3.8, 4) is 22.8 Å². The van der Waals surface area contributed by atoms with Crippen LogP contribution in [0, 0.1) is 23.7 Å². The molecule has 0 saturated carbocycles. The van der Waals surface area contributed by atoms with Crippen LogP contribution in [-0.4, -0.2) is 105 Å². The molecule has 0 bridgehead atoms. The molecule has 16 heteroatoms. The van der Waals surface area contributed by atoms with Crippen LogP contribution in [0.5, 0.6) is 0 Å². The molecule has 8 heterocycles. The second-order valence-corrected chi connectivity index (χ2v) is 18.0. The highest BCUT2D eigenvalue weighted by atomic mass is 16.5. The minimum atomic E-state index is -0.421. The lowest BCUT2D eigenvalue weighted by Crippen LogP contribution is -2.41. The lowest BCUT2D eigenvalue weighted by Gasteiger charge is -2.39. The number of carbonyl (C=O) groups is 2. The monoisotopic (exact) mass is 832 g/mol. The summed E-state index contributed by atoms with van der Waals surface area (Å²) in [7, 11) is 0. The molecule has 4 aromatic rings. The number of hydrogen-bond donors (Lipinski definition) is 6. The lowest BCUT2D eigenvalue weighted by atomic mass is 9.83. The van der Waals surface area contributed by atoms with E-state index in [1.807, 2.05) is 30.3 Å². The summed E-state index contributed by atoms with van der Waals surface area (Å²) < 4.78 is 12.5. The van der Waals surface area contributed by atoms with E-state index >= 15 is 0 Å². The Morgan fingerprint density at radius 1 is 0.689 bits per heavy atom. The number of nitrogens with one attached hydrogen (secondary N) is 6. The van der Waals surface area contributed by atoms with Crippen molar-refractivity contribution in [2.75, 3.05) is 73.7 Å². The van der Waals surface area contributed by atoms with E-state index in [4.69, 9.17) is 24.4 Å². The normalized spacial score (nSPS) is 25.0. The zero-order valence-electron chi connectivity index (χ0n) is 35.6. The second-order valence-electron chi connectivity index (χ2n) is 18.0. The largest absolute Gasteiger partial charge is 0.376 e. The quantitative estimate of drug-likeness (QED) is 0.0952. The number of carbonyl (C=O) groups excluding carboxylic acids is 2. The molecule has 5 atom stereocenters. The van der Waals surface area contributed by atoms with E-state index < -0.39 is 5.60 Å². The van der Waals surface area contributed by atoms with Gasteiger partial charge in [0.05, 0.1) is 45.8 Å². The van der Waals surface area contributed by atoms with Gasteiger partial charge in [0.1, 0.15) is 11.6 Å². The van der Waals surface area contributed by atoms with Gasteiger partial charge in [0.25, 0.3) is 0 Å². The van der Waals surface area contributed by atoms with E-state index in [1.54, 1.807) is 12.4 Å². The molecule has 4 aliphatic rings. The zero-order valence-corrected chi connectivity index (χ0v) is 35.6. The number of rotatable bonds is 14. The van der Waals surface area contributed by atoms with Gasteiger partial charge in [-0.1, -0.05) is 6.07 Å². The van der Waals surface area contributed by atoms with Gasteiger partial charge in [0.2, 0.25) is 23.7 Å². The maximum Gasteiger partial charge on any atom is 0.231 e. The summed E-state index contributed by atoms with van der Waals surface area (Å²) in [6, 6.07) is 13.7. The third-order valence-electron chi connectivity index (χ3n) is 12.3. The standard InChI is InChI=1S/C45H60N12O4/c1-44(2)22-29(12-18-60-44)25-51-39-21-31(20-37(53-39)36-11-17-49-43(55-36)57-41(59)33-9-15-47-28-33)24-45(3)23-30(13-19-61-45)26-50-38-8-4-7-34(52-38)35-10-16-48-42(54-35)56-40(58)32-6-5-14-46-27-32/h4,7-8,10-11,16-17,20-21,29-30,32-33,46-47H,5-6,9,12-15,18-19,22-28H2,1-3H3,(H,50,52)(H,51,53)(H,48,54,56,58)(H,49,55,57,59). The molecule has 0 aliphatic carbocycles. The van der Waals surface area contributed by atoms with Crippen molar-refractivity contribution < 1.29 is 19.1 Å². The van der Waals surface area contributed by atoms with Gasteiger partial charge in [-0.3, -0.25) is 20.2 Å². The first-order chi connectivity index (χ1) is 29.5. The van der Waals surface area contributed by atoms with Crippen LogP contribution in [0.1, 0.15) is 71.3 Å². The fraction of sp³-hybridized carbons (Fsp3) is 0.556.